The van der Waals surface area contributed by atoms with Crippen molar-refractivity contribution in [2.45, 2.75) is 19.6 Å². The molecule has 1 N–H and O–H groups in total. The van der Waals surface area contributed by atoms with Crippen LogP contribution in [-0.2, 0) is 17.5 Å². The van der Waals surface area contributed by atoms with Gasteiger partial charge in [-0.3, -0.25) is 0 Å². The second-order valence-corrected chi connectivity index (χ2v) is 4.49. The van der Waals surface area contributed by atoms with E-state index in [1.807, 2.05) is 6.92 Å². The molecule has 0 aliphatic heterocycles. The van der Waals surface area contributed by atoms with Crippen LogP contribution in [0.2, 0.25) is 0 Å². The van der Waals surface area contributed by atoms with Gasteiger partial charge in [0.25, 0.3) is 0 Å². The maximum absolute atomic E-state index is 12.9. The summed E-state index contributed by atoms with van der Waals surface area (Å²) < 4.78 is 56.0. The van der Waals surface area contributed by atoms with E-state index in [0.717, 1.165) is 12.1 Å². The Morgan fingerprint density at radius 2 is 2.00 bits per heavy atom. The fourth-order valence-corrected chi connectivity index (χ4v) is 1.76. The Morgan fingerprint density at radius 1 is 1.32 bits per heavy atom. The predicted molar refractivity (Wildman–Crippen MR) is 64.1 cm³/mol. The number of hydrogen-bond donors (Lipinski definition) is 1. The van der Waals surface area contributed by atoms with Crippen LogP contribution in [0.15, 0.2) is 18.2 Å². The van der Waals surface area contributed by atoms with E-state index in [2.05, 4.69) is 5.32 Å². The van der Waals surface area contributed by atoms with E-state index in [9.17, 15) is 17.6 Å². The van der Waals surface area contributed by atoms with Gasteiger partial charge in [0.2, 0.25) is 0 Å². The summed E-state index contributed by atoms with van der Waals surface area (Å²) in [4.78, 5) is 0. The average molecular weight is 279 g/mol. The first kappa shape index (κ1) is 15.9. The van der Waals surface area contributed by atoms with Crippen molar-refractivity contribution in [1.29, 1.82) is 0 Å². The highest BCUT2D eigenvalue weighted by atomic mass is 19.4. The zero-order valence-electron chi connectivity index (χ0n) is 10.9. The number of alkyl halides is 3. The highest BCUT2D eigenvalue weighted by Crippen LogP contribution is 2.32. The van der Waals surface area contributed by atoms with Crippen LogP contribution in [0.5, 0.6) is 0 Å². The Hall–Kier alpha value is -1.14. The van der Waals surface area contributed by atoms with Gasteiger partial charge in [-0.05, 0) is 23.6 Å². The molecule has 1 aromatic carbocycles. The summed E-state index contributed by atoms with van der Waals surface area (Å²) in [5, 5.41) is 2.92. The molecule has 19 heavy (non-hydrogen) atoms. The van der Waals surface area contributed by atoms with E-state index in [0.29, 0.717) is 19.2 Å². The SMILES string of the molecule is COCC(C)CNCc1ccc(F)cc1C(F)(F)F. The molecular formula is C13H17F4NO. The van der Waals surface area contributed by atoms with Gasteiger partial charge in [0.1, 0.15) is 5.82 Å². The van der Waals surface area contributed by atoms with Crippen molar-refractivity contribution >= 4 is 0 Å². The van der Waals surface area contributed by atoms with Gasteiger partial charge >= 0.3 is 6.18 Å². The van der Waals surface area contributed by atoms with Crippen molar-refractivity contribution in [3.63, 3.8) is 0 Å². The van der Waals surface area contributed by atoms with Gasteiger partial charge in [0.05, 0.1) is 5.56 Å². The third-order valence-corrected chi connectivity index (χ3v) is 2.64. The monoisotopic (exact) mass is 279 g/mol. The second-order valence-electron chi connectivity index (χ2n) is 4.49. The highest BCUT2D eigenvalue weighted by Gasteiger charge is 2.33. The van der Waals surface area contributed by atoms with Gasteiger partial charge in [-0.25, -0.2) is 4.39 Å². The molecule has 0 amide bonds. The summed E-state index contributed by atoms with van der Waals surface area (Å²) in [6.45, 7) is 3.03. The lowest BCUT2D eigenvalue weighted by Gasteiger charge is -2.15. The Bertz CT molecular complexity index is 406. The van der Waals surface area contributed by atoms with Crippen molar-refractivity contribution in [3.05, 3.63) is 35.1 Å². The maximum atomic E-state index is 12.9. The van der Waals surface area contributed by atoms with Gasteiger partial charge < -0.3 is 10.1 Å². The fourth-order valence-electron chi connectivity index (χ4n) is 1.76. The third kappa shape index (κ3) is 5.16. The molecule has 0 bridgehead atoms. The topological polar surface area (TPSA) is 21.3 Å². The predicted octanol–water partition coefficient (Wildman–Crippen LogP) is 3.22. The molecule has 0 radical (unpaired) electrons. The number of halogens is 4. The van der Waals surface area contributed by atoms with Gasteiger partial charge in [-0.1, -0.05) is 13.0 Å². The van der Waals surface area contributed by atoms with Crippen molar-refractivity contribution in [2.75, 3.05) is 20.3 Å². The van der Waals surface area contributed by atoms with Crippen LogP contribution in [-0.4, -0.2) is 20.3 Å². The molecule has 108 valence electrons. The minimum Gasteiger partial charge on any atom is -0.384 e. The van der Waals surface area contributed by atoms with Crippen LogP contribution in [0.3, 0.4) is 0 Å². The Labute approximate surface area is 109 Å². The number of ether oxygens (including phenoxy) is 1. The molecule has 1 rings (SSSR count). The van der Waals surface area contributed by atoms with Crippen molar-refractivity contribution in [3.8, 4) is 0 Å². The second kappa shape index (κ2) is 6.86. The lowest BCUT2D eigenvalue weighted by molar-refractivity contribution is -0.138. The van der Waals surface area contributed by atoms with Crippen LogP contribution >= 0.6 is 0 Å². The van der Waals surface area contributed by atoms with Crippen molar-refractivity contribution in [1.82, 2.24) is 5.32 Å². The summed E-state index contributed by atoms with van der Waals surface area (Å²) in [5.74, 6) is -0.691. The van der Waals surface area contributed by atoms with Crippen LogP contribution in [0.4, 0.5) is 17.6 Å². The first-order valence-electron chi connectivity index (χ1n) is 5.90. The van der Waals surface area contributed by atoms with Crippen LogP contribution in [0.1, 0.15) is 18.1 Å². The molecule has 0 fully saturated rings. The van der Waals surface area contributed by atoms with E-state index in [1.54, 1.807) is 7.11 Å². The fraction of sp³-hybridized carbons (Fsp3) is 0.538. The smallest absolute Gasteiger partial charge is 0.384 e. The van der Waals surface area contributed by atoms with Gasteiger partial charge in [0, 0.05) is 26.8 Å². The summed E-state index contributed by atoms with van der Waals surface area (Å²) in [5.41, 5.74) is -0.891. The molecular weight excluding hydrogens is 262 g/mol. The average Bonchev–Trinajstić information content (AvgIpc) is 2.30. The number of nitrogens with one attached hydrogen (secondary N) is 1. The molecule has 0 aromatic heterocycles. The normalized spacial score (nSPS) is 13.6. The Kier molecular flexibility index (Phi) is 5.75. The van der Waals surface area contributed by atoms with E-state index in [4.69, 9.17) is 4.74 Å². The molecule has 6 heteroatoms. The number of methoxy groups -OCH3 is 1. The van der Waals surface area contributed by atoms with Gasteiger partial charge in [0.15, 0.2) is 0 Å². The number of hydrogen-bond acceptors (Lipinski definition) is 2. The first-order chi connectivity index (χ1) is 8.84. The van der Waals surface area contributed by atoms with Crippen LogP contribution in [0.25, 0.3) is 0 Å². The lowest BCUT2D eigenvalue weighted by atomic mass is 10.1. The minimum atomic E-state index is -4.54. The zero-order chi connectivity index (χ0) is 14.5. The minimum absolute atomic E-state index is 0.0403. The molecule has 0 saturated heterocycles. The summed E-state index contributed by atoms with van der Waals surface area (Å²) in [6, 6.07) is 2.71. The van der Waals surface area contributed by atoms with Crippen molar-refractivity contribution in [2.24, 2.45) is 5.92 Å². The summed E-state index contributed by atoms with van der Waals surface area (Å²) in [7, 11) is 1.57. The summed E-state index contributed by atoms with van der Waals surface area (Å²) in [6.07, 6.45) is -4.54. The largest absolute Gasteiger partial charge is 0.416 e. The van der Waals surface area contributed by atoms with Crippen molar-refractivity contribution < 1.29 is 22.3 Å². The van der Waals surface area contributed by atoms with E-state index in [1.165, 1.54) is 0 Å². The van der Waals surface area contributed by atoms with E-state index in [-0.39, 0.29) is 18.0 Å². The zero-order valence-corrected chi connectivity index (χ0v) is 10.9. The molecule has 1 unspecified atom stereocenters. The van der Waals surface area contributed by atoms with E-state index >= 15 is 0 Å². The molecule has 0 heterocycles. The highest BCUT2D eigenvalue weighted by molar-refractivity contribution is 5.30. The molecule has 0 spiro atoms. The Morgan fingerprint density at radius 3 is 2.58 bits per heavy atom. The molecule has 1 aromatic rings. The molecule has 0 aliphatic rings. The first-order valence-corrected chi connectivity index (χ1v) is 5.90. The number of benzene rings is 1. The quantitative estimate of drug-likeness (QED) is 0.807. The molecule has 0 saturated carbocycles. The Balaban J connectivity index is 2.68. The molecule has 0 aliphatic carbocycles. The van der Waals surface area contributed by atoms with Crippen LogP contribution < -0.4 is 5.32 Å². The summed E-state index contributed by atoms with van der Waals surface area (Å²) >= 11 is 0. The third-order valence-electron chi connectivity index (χ3n) is 2.64. The molecule has 1 atom stereocenters. The maximum Gasteiger partial charge on any atom is 0.416 e. The standard InChI is InChI=1S/C13H17F4NO/c1-9(8-19-2)6-18-7-10-3-4-11(14)5-12(10)13(15,16)17/h3-5,9,18H,6-8H2,1-2H3. The lowest BCUT2D eigenvalue weighted by Crippen LogP contribution is -2.24. The van der Waals surface area contributed by atoms with Gasteiger partial charge in [-0.2, -0.15) is 13.2 Å². The number of rotatable bonds is 6. The molecule has 2 nitrogen and oxygen atoms in total. The van der Waals surface area contributed by atoms with E-state index < -0.39 is 17.6 Å². The van der Waals surface area contributed by atoms with Gasteiger partial charge in [-0.15, -0.1) is 0 Å². The van der Waals surface area contributed by atoms with Crippen LogP contribution in [0, 0.1) is 11.7 Å².